The molecular formula is C20H15N7O6. The molecule has 2 heterocycles. The number of amides is 1. The highest BCUT2D eigenvalue weighted by molar-refractivity contribution is 5.92. The van der Waals surface area contributed by atoms with E-state index in [1.807, 2.05) is 0 Å². The molecule has 4 aromatic rings. The molecular weight excluding hydrogens is 434 g/mol. The van der Waals surface area contributed by atoms with E-state index in [1.165, 1.54) is 47.3 Å². The van der Waals surface area contributed by atoms with Gasteiger partial charge in [0, 0.05) is 18.2 Å². The van der Waals surface area contributed by atoms with Gasteiger partial charge in [-0.25, -0.2) is 9.67 Å². The Bertz CT molecular complexity index is 1490. The van der Waals surface area contributed by atoms with Crippen molar-refractivity contribution in [2.45, 2.75) is 13.5 Å². The fraction of sp³-hybridized carbons (Fsp3) is 0.100. The number of nitrogens with zero attached hydrogens (tertiary/aromatic N) is 6. The Balaban J connectivity index is 1.64. The van der Waals surface area contributed by atoms with Crippen LogP contribution in [0.25, 0.3) is 16.7 Å². The van der Waals surface area contributed by atoms with Gasteiger partial charge in [-0.2, -0.15) is 5.10 Å². The minimum absolute atomic E-state index is 0.0648. The smallest absolute Gasteiger partial charge is 0.294 e. The lowest BCUT2D eigenvalue weighted by Gasteiger charge is -2.10. The predicted molar refractivity (Wildman–Crippen MR) is 116 cm³/mol. The summed E-state index contributed by atoms with van der Waals surface area (Å²) in [5.74, 6) is -0.590. The van der Waals surface area contributed by atoms with Crippen molar-refractivity contribution in [3.05, 3.63) is 91.1 Å². The van der Waals surface area contributed by atoms with Crippen molar-refractivity contribution >= 4 is 34.0 Å². The van der Waals surface area contributed by atoms with Crippen LogP contribution in [0.2, 0.25) is 0 Å². The molecule has 0 unspecified atom stereocenters. The van der Waals surface area contributed by atoms with E-state index in [9.17, 15) is 29.8 Å². The maximum Gasteiger partial charge on any atom is 0.294 e. The molecule has 0 atom stereocenters. The summed E-state index contributed by atoms with van der Waals surface area (Å²) in [6, 6.07) is 9.95. The van der Waals surface area contributed by atoms with Crippen LogP contribution in [0.3, 0.4) is 0 Å². The molecule has 0 aliphatic heterocycles. The van der Waals surface area contributed by atoms with Gasteiger partial charge in [0.2, 0.25) is 5.91 Å². The summed E-state index contributed by atoms with van der Waals surface area (Å²) in [6.45, 7) is 1.27. The zero-order valence-corrected chi connectivity index (χ0v) is 17.0. The van der Waals surface area contributed by atoms with Crippen molar-refractivity contribution < 1.29 is 14.6 Å². The summed E-state index contributed by atoms with van der Waals surface area (Å²) in [4.78, 5) is 50.7. The summed E-state index contributed by atoms with van der Waals surface area (Å²) >= 11 is 0. The molecule has 13 heteroatoms. The molecule has 13 nitrogen and oxygen atoms in total. The molecule has 0 radical (unpaired) electrons. The van der Waals surface area contributed by atoms with Gasteiger partial charge in [0.25, 0.3) is 16.9 Å². The van der Waals surface area contributed by atoms with Gasteiger partial charge in [0.15, 0.2) is 5.65 Å². The highest BCUT2D eigenvalue weighted by atomic mass is 16.6. The van der Waals surface area contributed by atoms with Gasteiger partial charge in [-0.15, -0.1) is 0 Å². The summed E-state index contributed by atoms with van der Waals surface area (Å²) in [6.07, 6.45) is 2.36. The maximum absolute atomic E-state index is 12.9. The van der Waals surface area contributed by atoms with Gasteiger partial charge in [0.05, 0.1) is 21.7 Å². The van der Waals surface area contributed by atoms with Gasteiger partial charge >= 0.3 is 0 Å². The number of hydrogen-bond acceptors (Lipinski definition) is 8. The number of rotatable bonds is 6. The average Bonchev–Trinajstić information content (AvgIpc) is 3.21. The van der Waals surface area contributed by atoms with E-state index in [4.69, 9.17) is 0 Å². The summed E-state index contributed by atoms with van der Waals surface area (Å²) < 4.78 is 2.24. The molecule has 1 amide bonds. The number of non-ortho nitro benzene ring substituents is 1. The van der Waals surface area contributed by atoms with Crippen LogP contribution in [0, 0.1) is 27.2 Å². The summed E-state index contributed by atoms with van der Waals surface area (Å²) in [5.41, 5.74) is 0.136. The molecule has 1 N–H and O–H groups in total. The Labute approximate surface area is 184 Å². The van der Waals surface area contributed by atoms with E-state index < -0.39 is 27.9 Å². The van der Waals surface area contributed by atoms with Crippen molar-refractivity contribution in [3.63, 3.8) is 0 Å². The number of para-hydroxylation sites is 2. The Morgan fingerprint density at radius 2 is 1.88 bits per heavy atom. The number of carbonyl (C=O) groups is 1. The molecule has 2 aromatic heterocycles. The first-order valence-corrected chi connectivity index (χ1v) is 9.48. The monoisotopic (exact) mass is 449 g/mol. The summed E-state index contributed by atoms with van der Waals surface area (Å²) in [5, 5.41) is 29.0. The Morgan fingerprint density at radius 3 is 2.61 bits per heavy atom. The highest BCUT2D eigenvalue weighted by Gasteiger charge is 2.20. The number of nitro benzene ring substituents is 2. The molecule has 0 spiro atoms. The van der Waals surface area contributed by atoms with Crippen LogP contribution in [0.1, 0.15) is 5.56 Å². The molecule has 166 valence electrons. The number of aromatic nitrogens is 4. The third-order valence-corrected chi connectivity index (χ3v) is 4.88. The first kappa shape index (κ1) is 21.3. The largest absolute Gasteiger partial charge is 0.324 e. The lowest BCUT2D eigenvalue weighted by molar-refractivity contribution is -0.384. The Hall–Kier alpha value is -4.94. The predicted octanol–water partition coefficient (Wildman–Crippen LogP) is 2.35. The fourth-order valence-corrected chi connectivity index (χ4v) is 3.24. The Morgan fingerprint density at radius 1 is 1.12 bits per heavy atom. The minimum atomic E-state index is -0.590. The molecule has 0 saturated heterocycles. The molecule has 0 saturated carbocycles. The Kier molecular flexibility index (Phi) is 5.36. The SMILES string of the molecule is Cc1ccc([N+](=O)[O-])cc1NC(=O)Cn1cnc2c(cnn2-c2ccccc2[N+](=O)[O-])c1=O. The van der Waals surface area contributed by atoms with Gasteiger partial charge in [0.1, 0.15) is 23.9 Å². The molecule has 2 aromatic carbocycles. The van der Waals surface area contributed by atoms with Crippen molar-refractivity contribution in [2.75, 3.05) is 5.32 Å². The molecule has 33 heavy (non-hydrogen) atoms. The maximum atomic E-state index is 12.9. The fourth-order valence-electron chi connectivity index (χ4n) is 3.24. The number of nitrogens with one attached hydrogen (secondary N) is 1. The van der Waals surface area contributed by atoms with Crippen LogP contribution in [-0.2, 0) is 11.3 Å². The number of nitro groups is 2. The molecule has 0 fully saturated rings. The van der Waals surface area contributed by atoms with Gasteiger partial charge in [-0.05, 0) is 18.6 Å². The minimum Gasteiger partial charge on any atom is -0.324 e. The number of fused-ring (bicyclic) bond motifs is 1. The molecule has 0 aliphatic carbocycles. The first-order chi connectivity index (χ1) is 15.8. The number of benzene rings is 2. The highest BCUT2D eigenvalue weighted by Crippen LogP contribution is 2.24. The quantitative estimate of drug-likeness (QED) is 0.345. The van der Waals surface area contributed by atoms with Crippen molar-refractivity contribution in [1.29, 1.82) is 0 Å². The zero-order valence-electron chi connectivity index (χ0n) is 17.0. The lowest BCUT2D eigenvalue weighted by Crippen LogP contribution is -2.28. The van der Waals surface area contributed by atoms with Crippen LogP contribution < -0.4 is 10.9 Å². The third kappa shape index (κ3) is 4.01. The van der Waals surface area contributed by atoms with Crippen LogP contribution >= 0.6 is 0 Å². The van der Waals surface area contributed by atoms with Crippen LogP contribution in [0.4, 0.5) is 17.1 Å². The van der Waals surface area contributed by atoms with Crippen LogP contribution in [0.15, 0.2) is 59.8 Å². The second-order valence-corrected chi connectivity index (χ2v) is 7.02. The normalized spacial score (nSPS) is 10.8. The number of hydrogen-bond donors (Lipinski definition) is 1. The van der Waals surface area contributed by atoms with E-state index in [0.717, 1.165) is 10.9 Å². The second kappa shape index (κ2) is 8.30. The first-order valence-electron chi connectivity index (χ1n) is 9.48. The van der Waals surface area contributed by atoms with Crippen LogP contribution in [-0.4, -0.2) is 35.1 Å². The zero-order chi connectivity index (χ0) is 23.7. The van der Waals surface area contributed by atoms with Gasteiger partial charge in [-0.1, -0.05) is 18.2 Å². The number of carbonyl (C=O) groups excluding carboxylic acids is 1. The average molecular weight is 449 g/mol. The molecule has 0 bridgehead atoms. The third-order valence-electron chi connectivity index (χ3n) is 4.88. The summed E-state index contributed by atoms with van der Waals surface area (Å²) in [7, 11) is 0. The van der Waals surface area contributed by atoms with E-state index >= 15 is 0 Å². The topological polar surface area (TPSA) is 168 Å². The van der Waals surface area contributed by atoms with Gasteiger partial charge < -0.3 is 5.32 Å². The van der Waals surface area contributed by atoms with Crippen LogP contribution in [0.5, 0.6) is 0 Å². The standard InChI is InChI=1S/C20H15N7O6/c1-12-6-7-13(26(30)31)8-15(12)23-18(28)10-24-11-21-19-14(20(24)29)9-22-25(19)16-4-2-3-5-17(16)27(32)33/h2-9,11H,10H2,1H3,(H,23,28). The second-order valence-electron chi connectivity index (χ2n) is 7.02. The van der Waals surface area contributed by atoms with E-state index in [2.05, 4.69) is 15.4 Å². The number of aryl methyl sites for hydroxylation is 1. The van der Waals surface area contributed by atoms with Gasteiger partial charge in [-0.3, -0.25) is 34.4 Å². The van der Waals surface area contributed by atoms with Crippen molar-refractivity contribution in [2.24, 2.45) is 0 Å². The van der Waals surface area contributed by atoms with E-state index in [1.54, 1.807) is 13.0 Å². The van der Waals surface area contributed by atoms with Crippen molar-refractivity contribution in [3.8, 4) is 5.69 Å². The van der Waals surface area contributed by atoms with Crippen molar-refractivity contribution in [1.82, 2.24) is 19.3 Å². The molecule has 4 rings (SSSR count). The van der Waals surface area contributed by atoms with E-state index in [-0.39, 0.29) is 33.8 Å². The van der Waals surface area contributed by atoms with E-state index in [0.29, 0.717) is 5.56 Å². The number of anilines is 1. The lowest BCUT2D eigenvalue weighted by atomic mass is 10.2. The molecule has 0 aliphatic rings.